The summed E-state index contributed by atoms with van der Waals surface area (Å²) in [7, 11) is 1.36. The Morgan fingerprint density at radius 3 is 2.05 bits per heavy atom. The summed E-state index contributed by atoms with van der Waals surface area (Å²) in [5.41, 5.74) is 4.42. The topological polar surface area (TPSA) is 26.3 Å². The SMILES string of the molecule is COC(=O)c1cc(C)c(-c2ccc(F)cc2)c(C)c1. The Balaban J connectivity index is 2.53. The normalized spacial score (nSPS) is 10.3. The van der Waals surface area contributed by atoms with E-state index in [0.29, 0.717) is 5.56 Å². The lowest BCUT2D eigenvalue weighted by atomic mass is 9.93. The molecule has 0 bridgehead atoms. The van der Waals surface area contributed by atoms with Crippen LogP contribution in [0, 0.1) is 19.7 Å². The largest absolute Gasteiger partial charge is 0.465 e. The zero-order valence-electron chi connectivity index (χ0n) is 11.2. The molecular weight excluding hydrogens is 243 g/mol. The van der Waals surface area contributed by atoms with Gasteiger partial charge in [0.1, 0.15) is 5.82 Å². The lowest BCUT2D eigenvalue weighted by Crippen LogP contribution is -2.03. The fourth-order valence-corrected chi connectivity index (χ4v) is 2.27. The first-order valence-electron chi connectivity index (χ1n) is 5.98. The minimum Gasteiger partial charge on any atom is -0.465 e. The summed E-state index contributed by atoms with van der Waals surface area (Å²) >= 11 is 0. The van der Waals surface area contributed by atoms with Crippen LogP contribution in [0.2, 0.25) is 0 Å². The van der Waals surface area contributed by atoms with Crippen LogP contribution in [-0.4, -0.2) is 13.1 Å². The molecule has 2 rings (SSSR count). The van der Waals surface area contributed by atoms with Crippen molar-refractivity contribution in [2.75, 3.05) is 7.11 Å². The second-order valence-corrected chi connectivity index (χ2v) is 4.48. The van der Waals surface area contributed by atoms with Gasteiger partial charge in [-0.15, -0.1) is 0 Å². The van der Waals surface area contributed by atoms with Gasteiger partial charge in [-0.05, 0) is 60.4 Å². The van der Waals surface area contributed by atoms with E-state index in [1.54, 1.807) is 24.3 Å². The van der Waals surface area contributed by atoms with E-state index in [1.807, 2.05) is 13.8 Å². The van der Waals surface area contributed by atoms with Crippen LogP contribution in [0.4, 0.5) is 4.39 Å². The van der Waals surface area contributed by atoms with Crippen molar-refractivity contribution in [2.24, 2.45) is 0 Å². The molecule has 2 nitrogen and oxygen atoms in total. The second kappa shape index (κ2) is 5.22. The van der Waals surface area contributed by atoms with Crippen molar-refractivity contribution in [2.45, 2.75) is 13.8 Å². The molecule has 0 unspecified atom stereocenters. The van der Waals surface area contributed by atoms with Crippen molar-refractivity contribution in [3.05, 3.63) is 58.9 Å². The van der Waals surface area contributed by atoms with Crippen LogP contribution >= 0.6 is 0 Å². The highest BCUT2D eigenvalue weighted by Crippen LogP contribution is 2.28. The van der Waals surface area contributed by atoms with Crippen molar-refractivity contribution in [3.63, 3.8) is 0 Å². The van der Waals surface area contributed by atoms with Crippen LogP contribution in [0.5, 0.6) is 0 Å². The predicted octanol–water partition coefficient (Wildman–Crippen LogP) is 3.90. The standard InChI is InChI=1S/C16H15FO2/c1-10-8-13(16(18)19-3)9-11(2)15(10)12-4-6-14(17)7-5-12/h4-9H,1-3H3. The lowest BCUT2D eigenvalue weighted by molar-refractivity contribution is 0.0600. The van der Waals surface area contributed by atoms with Gasteiger partial charge in [0.2, 0.25) is 0 Å². The van der Waals surface area contributed by atoms with E-state index in [9.17, 15) is 9.18 Å². The van der Waals surface area contributed by atoms with Crippen molar-refractivity contribution in [1.29, 1.82) is 0 Å². The molecule has 0 aliphatic carbocycles. The number of aryl methyl sites for hydroxylation is 2. The molecule has 0 amide bonds. The number of methoxy groups -OCH3 is 1. The molecule has 98 valence electrons. The van der Waals surface area contributed by atoms with E-state index in [0.717, 1.165) is 22.3 Å². The Morgan fingerprint density at radius 2 is 1.58 bits per heavy atom. The molecule has 2 aromatic carbocycles. The summed E-state index contributed by atoms with van der Waals surface area (Å²) in [6.45, 7) is 3.86. The van der Waals surface area contributed by atoms with Gasteiger partial charge in [0, 0.05) is 0 Å². The van der Waals surface area contributed by atoms with Gasteiger partial charge in [-0.2, -0.15) is 0 Å². The zero-order chi connectivity index (χ0) is 14.0. The summed E-state index contributed by atoms with van der Waals surface area (Å²) in [5.74, 6) is -0.609. The molecule has 0 radical (unpaired) electrons. The van der Waals surface area contributed by atoms with Crippen LogP contribution in [0.3, 0.4) is 0 Å². The molecule has 2 aromatic rings. The molecule has 3 heteroatoms. The number of carbonyl (C=O) groups is 1. The van der Waals surface area contributed by atoms with Gasteiger partial charge in [0.05, 0.1) is 12.7 Å². The van der Waals surface area contributed by atoms with Crippen molar-refractivity contribution in [3.8, 4) is 11.1 Å². The monoisotopic (exact) mass is 258 g/mol. The number of halogens is 1. The highest BCUT2D eigenvalue weighted by Gasteiger charge is 2.12. The first kappa shape index (κ1) is 13.3. The number of rotatable bonds is 2. The average Bonchev–Trinajstić information content (AvgIpc) is 2.39. The van der Waals surface area contributed by atoms with Gasteiger partial charge in [-0.25, -0.2) is 9.18 Å². The summed E-state index contributed by atoms with van der Waals surface area (Å²) in [6.07, 6.45) is 0. The van der Waals surface area contributed by atoms with Crippen LogP contribution in [-0.2, 0) is 4.74 Å². The molecule has 0 N–H and O–H groups in total. The maximum atomic E-state index is 13.0. The Hall–Kier alpha value is -2.16. The Morgan fingerprint density at radius 1 is 1.05 bits per heavy atom. The van der Waals surface area contributed by atoms with Gasteiger partial charge in [-0.1, -0.05) is 12.1 Å². The Labute approximate surface area is 111 Å². The summed E-state index contributed by atoms with van der Waals surface area (Å²) in [4.78, 5) is 11.5. The Bertz CT molecular complexity index is 592. The van der Waals surface area contributed by atoms with E-state index in [1.165, 1.54) is 19.2 Å². The molecule has 0 spiro atoms. The number of ether oxygens (including phenoxy) is 1. The summed E-state index contributed by atoms with van der Waals surface area (Å²) in [6, 6.07) is 9.92. The van der Waals surface area contributed by atoms with Gasteiger partial charge in [0.15, 0.2) is 0 Å². The van der Waals surface area contributed by atoms with Gasteiger partial charge < -0.3 is 4.74 Å². The van der Waals surface area contributed by atoms with E-state index in [2.05, 4.69) is 0 Å². The molecular formula is C16H15FO2. The van der Waals surface area contributed by atoms with Crippen molar-refractivity contribution < 1.29 is 13.9 Å². The number of benzene rings is 2. The number of hydrogen-bond donors (Lipinski definition) is 0. The van der Waals surface area contributed by atoms with Crippen molar-refractivity contribution in [1.82, 2.24) is 0 Å². The van der Waals surface area contributed by atoms with Crippen molar-refractivity contribution >= 4 is 5.97 Å². The lowest BCUT2D eigenvalue weighted by Gasteiger charge is -2.12. The van der Waals surface area contributed by atoms with E-state index >= 15 is 0 Å². The molecule has 19 heavy (non-hydrogen) atoms. The second-order valence-electron chi connectivity index (χ2n) is 4.48. The molecule has 0 fully saturated rings. The van der Waals surface area contributed by atoms with E-state index < -0.39 is 0 Å². The smallest absolute Gasteiger partial charge is 0.337 e. The molecule has 0 aliphatic heterocycles. The molecule has 0 saturated carbocycles. The molecule has 0 saturated heterocycles. The first-order chi connectivity index (χ1) is 9.02. The fraction of sp³-hybridized carbons (Fsp3) is 0.188. The molecule has 0 aliphatic rings. The molecule has 0 heterocycles. The zero-order valence-corrected chi connectivity index (χ0v) is 11.2. The number of esters is 1. The molecule has 0 atom stereocenters. The third-order valence-electron chi connectivity index (χ3n) is 3.09. The number of hydrogen-bond acceptors (Lipinski definition) is 2. The van der Waals surface area contributed by atoms with E-state index in [-0.39, 0.29) is 11.8 Å². The molecule has 0 aromatic heterocycles. The Kier molecular flexibility index (Phi) is 3.65. The quantitative estimate of drug-likeness (QED) is 0.764. The van der Waals surface area contributed by atoms with Crippen LogP contribution in [0.1, 0.15) is 21.5 Å². The van der Waals surface area contributed by atoms with Gasteiger partial charge in [0.25, 0.3) is 0 Å². The average molecular weight is 258 g/mol. The van der Waals surface area contributed by atoms with Crippen LogP contribution < -0.4 is 0 Å². The highest BCUT2D eigenvalue weighted by atomic mass is 19.1. The van der Waals surface area contributed by atoms with E-state index in [4.69, 9.17) is 4.74 Å². The minimum absolute atomic E-state index is 0.259. The third-order valence-corrected chi connectivity index (χ3v) is 3.09. The predicted molar refractivity (Wildman–Crippen MR) is 72.6 cm³/mol. The maximum Gasteiger partial charge on any atom is 0.337 e. The fourth-order valence-electron chi connectivity index (χ4n) is 2.27. The third kappa shape index (κ3) is 2.65. The summed E-state index contributed by atoms with van der Waals surface area (Å²) in [5, 5.41) is 0. The highest BCUT2D eigenvalue weighted by molar-refractivity contribution is 5.91. The number of carbonyl (C=O) groups excluding carboxylic acids is 1. The first-order valence-corrected chi connectivity index (χ1v) is 5.98. The van der Waals surface area contributed by atoms with Gasteiger partial charge >= 0.3 is 5.97 Å². The maximum absolute atomic E-state index is 13.0. The minimum atomic E-state index is -0.350. The van der Waals surface area contributed by atoms with Gasteiger partial charge in [-0.3, -0.25) is 0 Å². The van der Waals surface area contributed by atoms with Crippen LogP contribution in [0.15, 0.2) is 36.4 Å². The summed E-state index contributed by atoms with van der Waals surface area (Å²) < 4.78 is 17.7. The van der Waals surface area contributed by atoms with Crippen LogP contribution in [0.25, 0.3) is 11.1 Å².